The van der Waals surface area contributed by atoms with E-state index in [9.17, 15) is 14.4 Å². The number of likely N-dealkylation sites (N-methyl/N-ethyl adjacent to an activating group) is 1. The van der Waals surface area contributed by atoms with Crippen molar-refractivity contribution in [3.63, 3.8) is 0 Å². The highest BCUT2D eigenvalue weighted by molar-refractivity contribution is 6.32. The normalized spacial score (nSPS) is 15.3. The SMILES string of the molecule is COc1cc(C(=O)Nc2c(C)cc(Cl)cc2C(=O)NC2CON(C)C2=O)n(-c2ncccc2Cl)n1. The van der Waals surface area contributed by atoms with Crippen molar-refractivity contribution < 1.29 is 24.0 Å². The number of amides is 3. The lowest BCUT2D eigenvalue weighted by molar-refractivity contribution is -0.154. The maximum absolute atomic E-state index is 13.4. The molecule has 1 atom stereocenters. The molecule has 3 amide bonds. The number of nitrogens with zero attached hydrogens (tertiary/aromatic N) is 4. The van der Waals surface area contributed by atoms with Gasteiger partial charge in [-0.05, 0) is 36.8 Å². The second kappa shape index (κ2) is 9.90. The number of aryl methyl sites for hydroxylation is 1. The Hall–Kier alpha value is -3.67. The van der Waals surface area contributed by atoms with Crippen molar-refractivity contribution in [3.8, 4) is 11.7 Å². The molecule has 1 saturated heterocycles. The first-order valence-electron chi connectivity index (χ1n) is 10.3. The van der Waals surface area contributed by atoms with Gasteiger partial charge in [-0.3, -0.25) is 19.2 Å². The van der Waals surface area contributed by atoms with Crippen molar-refractivity contribution in [1.82, 2.24) is 25.1 Å². The van der Waals surface area contributed by atoms with E-state index in [4.69, 9.17) is 32.8 Å². The number of anilines is 1. The predicted molar refractivity (Wildman–Crippen MR) is 127 cm³/mol. The van der Waals surface area contributed by atoms with Gasteiger partial charge in [0.1, 0.15) is 18.3 Å². The molecule has 0 aliphatic carbocycles. The van der Waals surface area contributed by atoms with Gasteiger partial charge in [-0.1, -0.05) is 23.2 Å². The average molecular weight is 519 g/mol. The molecule has 1 aliphatic rings. The van der Waals surface area contributed by atoms with E-state index in [1.54, 1.807) is 25.1 Å². The maximum atomic E-state index is 13.4. The minimum Gasteiger partial charge on any atom is -0.480 e. The fourth-order valence-corrected chi connectivity index (χ4v) is 3.94. The highest BCUT2D eigenvalue weighted by Crippen LogP contribution is 2.28. The molecule has 0 radical (unpaired) electrons. The maximum Gasteiger partial charge on any atom is 0.274 e. The summed E-state index contributed by atoms with van der Waals surface area (Å²) < 4.78 is 6.42. The molecule has 1 fully saturated rings. The number of nitrogens with one attached hydrogen (secondary N) is 2. The first-order valence-corrected chi connectivity index (χ1v) is 11.0. The van der Waals surface area contributed by atoms with Crippen LogP contribution >= 0.6 is 23.2 Å². The van der Waals surface area contributed by atoms with Gasteiger partial charge in [0.25, 0.3) is 17.7 Å². The van der Waals surface area contributed by atoms with Gasteiger partial charge >= 0.3 is 0 Å². The minimum atomic E-state index is -0.868. The number of benzene rings is 1. The van der Waals surface area contributed by atoms with Crippen LogP contribution in [0.2, 0.25) is 10.0 Å². The Balaban J connectivity index is 1.68. The third kappa shape index (κ3) is 4.92. The van der Waals surface area contributed by atoms with Crippen LogP contribution in [0.5, 0.6) is 5.88 Å². The average Bonchev–Trinajstić information content (AvgIpc) is 3.39. The third-order valence-electron chi connectivity index (χ3n) is 5.20. The molecule has 4 rings (SSSR count). The van der Waals surface area contributed by atoms with Crippen molar-refractivity contribution in [3.05, 3.63) is 63.4 Å². The van der Waals surface area contributed by atoms with Crippen LogP contribution in [0, 0.1) is 6.92 Å². The number of hydrogen-bond donors (Lipinski definition) is 2. The van der Waals surface area contributed by atoms with Gasteiger partial charge < -0.3 is 15.4 Å². The first kappa shape index (κ1) is 24.5. The number of carbonyl (C=O) groups excluding carboxylic acids is 3. The molecule has 1 unspecified atom stereocenters. The van der Waals surface area contributed by atoms with Gasteiger partial charge in [0, 0.05) is 24.3 Å². The fraction of sp³-hybridized carbons (Fsp3) is 0.227. The molecule has 1 aliphatic heterocycles. The molecule has 1 aromatic carbocycles. The predicted octanol–water partition coefficient (Wildman–Crippen LogP) is 2.65. The van der Waals surface area contributed by atoms with E-state index >= 15 is 0 Å². The Morgan fingerprint density at radius 3 is 2.66 bits per heavy atom. The molecule has 2 aromatic heterocycles. The third-order valence-corrected chi connectivity index (χ3v) is 5.71. The van der Waals surface area contributed by atoms with Crippen LogP contribution in [0.1, 0.15) is 26.4 Å². The van der Waals surface area contributed by atoms with Crippen molar-refractivity contribution in [2.75, 3.05) is 26.1 Å². The van der Waals surface area contributed by atoms with Crippen LogP contribution in [0.3, 0.4) is 0 Å². The number of hydrogen-bond acceptors (Lipinski definition) is 7. The number of hydroxylamine groups is 2. The number of halogens is 2. The summed E-state index contributed by atoms with van der Waals surface area (Å²) in [7, 11) is 2.86. The molecule has 0 spiro atoms. The summed E-state index contributed by atoms with van der Waals surface area (Å²) in [6.07, 6.45) is 1.51. The van der Waals surface area contributed by atoms with Crippen molar-refractivity contribution in [1.29, 1.82) is 0 Å². The Labute approximate surface area is 209 Å². The second-order valence-corrected chi connectivity index (χ2v) is 8.39. The van der Waals surface area contributed by atoms with E-state index in [0.29, 0.717) is 5.56 Å². The van der Waals surface area contributed by atoms with E-state index < -0.39 is 23.8 Å². The zero-order valence-electron chi connectivity index (χ0n) is 18.8. The Bertz CT molecular complexity index is 1330. The van der Waals surface area contributed by atoms with Gasteiger partial charge in [-0.2, -0.15) is 0 Å². The monoisotopic (exact) mass is 518 g/mol. The van der Waals surface area contributed by atoms with Gasteiger partial charge in [0.15, 0.2) is 5.82 Å². The Kier molecular flexibility index (Phi) is 6.92. The molecule has 0 bridgehead atoms. The number of rotatable bonds is 6. The Morgan fingerprint density at radius 1 is 1.23 bits per heavy atom. The molecule has 182 valence electrons. The summed E-state index contributed by atoms with van der Waals surface area (Å²) in [5.74, 6) is -1.24. The zero-order chi connectivity index (χ0) is 25.3. The summed E-state index contributed by atoms with van der Waals surface area (Å²) in [5, 5.41) is 11.2. The summed E-state index contributed by atoms with van der Waals surface area (Å²) in [5.41, 5.74) is 0.857. The Morgan fingerprint density at radius 2 is 2.00 bits per heavy atom. The van der Waals surface area contributed by atoms with Crippen LogP contribution in [-0.2, 0) is 9.63 Å². The molecule has 35 heavy (non-hydrogen) atoms. The number of aromatic nitrogens is 3. The summed E-state index contributed by atoms with van der Waals surface area (Å²) >= 11 is 12.4. The molecule has 0 saturated carbocycles. The van der Waals surface area contributed by atoms with Crippen LogP contribution in [-0.4, -0.2) is 64.4 Å². The van der Waals surface area contributed by atoms with Crippen LogP contribution in [0.25, 0.3) is 5.82 Å². The summed E-state index contributed by atoms with van der Waals surface area (Å²) in [6, 6.07) is 6.79. The van der Waals surface area contributed by atoms with Gasteiger partial charge in [-0.25, -0.2) is 14.7 Å². The highest BCUT2D eigenvalue weighted by Gasteiger charge is 2.33. The summed E-state index contributed by atoms with van der Waals surface area (Å²) in [4.78, 5) is 47.9. The van der Waals surface area contributed by atoms with Crippen molar-refractivity contribution in [2.45, 2.75) is 13.0 Å². The number of carbonyl (C=O) groups is 3. The smallest absolute Gasteiger partial charge is 0.274 e. The highest BCUT2D eigenvalue weighted by atomic mass is 35.5. The molecule has 11 nitrogen and oxygen atoms in total. The van der Waals surface area contributed by atoms with Crippen LogP contribution in [0.15, 0.2) is 36.5 Å². The van der Waals surface area contributed by atoms with Crippen LogP contribution in [0.4, 0.5) is 5.69 Å². The summed E-state index contributed by atoms with van der Waals surface area (Å²) in [6.45, 7) is 1.68. The minimum absolute atomic E-state index is 0.00781. The molecule has 3 heterocycles. The van der Waals surface area contributed by atoms with E-state index in [-0.39, 0.29) is 45.3 Å². The molecule has 2 N–H and O–H groups in total. The number of ether oxygens (including phenoxy) is 1. The fourth-order valence-electron chi connectivity index (χ4n) is 3.46. The van der Waals surface area contributed by atoms with E-state index in [2.05, 4.69) is 20.7 Å². The standard InChI is InChI=1S/C22H20Cl2N6O5/c1-11-7-12(23)8-13(20(31)26-15-10-35-29(2)22(15)33)18(11)27-21(32)16-9-17(34-3)28-30(16)19-14(24)5-4-6-25-19/h4-9,15H,10H2,1-3H3,(H,26,31)(H,27,32). The molecule has 3 aromatic rings. The quantitative estimate of drug-likeness (QED) is 0.513. The molecular formula is C22H20Cl2N6O5. The lowest BCUT2D eigenvalue weighted by Gasteiger charge is -2.16. The zero-order valence-corrected chi connectivity index (χ0v) is 20.3. The lowest BCUT2D eigenvalue weighted by atomic mass is 10.1. The molecular weight excluding hydrogens is 499 g/mol. The van der Waals surface area contributed by atoms with E-state index in [1.165, 1.54) is 37.2 Å². The first-order chi connectivity index (χ1) is 16.7. The van der Waals surface area contributed by atoms with Crippen LogP contribution < -0.4 is 15.4 Å². The topological polar surface area (TPSA) is 128 Å². The number of methoxy groups -OCH3 is 1. The van der Waals surface area contributed by atoms with Crippen molar-refractivity contribution >= 4 is 46.6 Å². The van der Waals surface area contributed by atoms with Gasteiger partial charge in [0.2, 0.25) is 5.88 Å². The van der Waals surface area contributed by atoms with E-state index in [0.717, 1.165) is 5.06 Å². The largest absolute Gasteiger partial charge is 0.480 e. The lowest BCUT2D eigenvalue weighted by Crippen LogP contribution is -2.42. The van der Waals surface area contributed by atoms with E-state index in [1.807, 2.05) is 0 Å². The van der Waals surface area contributed by atoms with Crippen molar-refractivity contribution in [2.24, 2.45) is 0 Å². The number of pyridine rings is 1. The second-order valence-electron chi connectivity index (χ2n) is 7.55. The molecule has 13 heteroatoms. The van der Waals surface area contributed by atoms with Gasteiger partial charge in [-0.15, -0.1) is 5.10 Å². The van der Waals surface area contributed by atoms with Gasteiger partial charge in [0.05, 0.1) is 23.4 Å².